The minimum absolute atomic E-state index is 0.819. The Morgan fingerprint density at radius 2 is 1.79 bits per heavy atom. The van der Waals surface area contributed by atoms with Crippen LogP contribution in [0.4, 0.5) is 0 Å². The van der Waals surface area contributed by atoms with E-state index in [1.807, 2.05) is 30.3 Å². The topological polar surface area (TPSA) is 25.8 Å². The summed E-state index contributed by atoms with van der Waals surface area (Å²) in [7, 11) is 0. The largest absolute Gasteiger partial charge is 0.253 e. The van der Waals surface area contributed by atoms with Crippen molar-refractivity contribution in [1.29, 1.82) is 0 Å². The van der Waals surface area contributed by atoms with E-state index < -0.39 is 0 Å². The molecule has 2 rings (SSSR count). The quantitative estimate of drug-likeness (QED) is 0.751. The standard InChI is InChI=1S/C10H6Br2N2/c11-7-4-5-8(13-6-7)9-2-1-3-10(12)14-9/h1-6H. The highest BCUT2D eigenvalue weighted by Gasteiger charge is 2.00. The molecule has 2 aromatic rings. The first-order chi connectivity index (χ1) is 6.75. The van der Waals surface area contributed by atoms with Gasteiger partial charge >= 0.3 is 0 Å². The second-order valence-corrected chi connectivity index (χ2v) is 4.44. The second-order valence-electron chi connectivity index (χ2n) is 2.71. The van der Waals surface area contributed by atoms with Crippen LogP contribution in [0.15, 0.2) is 45.6 Å². The Kier molecular flexibility index (Phi) is 2.93. The third kappa shape index (κ3) is 2.19. The van der Waals surface area contributed by atoms with Crippen LogP contribution in [-0.2, 0) is 0 Å². The summed E-state index contributed by atoms with van der Waals surface area (Å²) in [6.45, 7) is 0. The van der Waals surface area contributed by atoms with E-state index in [0.717, 1.165) is 20.5 Å². The summed E-state index contributed by atoms with van der Waals surface area (Å²) >= 11 is 6.67. The van der Waals surface area contributed by atoms with Gasteiger partial charge in [-0.2, -0.15) is 0 Å². The smallest absolute Gasteiger partial charge is 0.106 e. The van der Waals surface area contributed by atoms with Crippen LogP contribution in [0.5, 0.6) is 0 Å². The van der Waals surface area contributed by atoms with Gasteiger partial charge in [-0.3, -0.25) is 4.98 Å². The Bertz CT molecular complexity index is 440. The summed E-state index contributed by atoms with van der Waals surface area (Å²) in [5, 5.41) is 0. The van der Waals surface area contributed by atoms with Gasteiger partial charge in [0.2, 0.25) is 0 Å². The van der Waals surface area contributed by atoms with Gasteiger partial charge in [0.1, 0.15) is 4.60 Å². The molecule has 0 unspecified atom stereocenters. The van der Waals surface area contributed by atoms with E-state index in [-0.39, 0.29) is 0 Å². The Hall–Kier alpha value is -0.740. The lowest BCUT2D eigenvalue weighted by molar-refractivity contribution is 1.22. The Morgan fingerprint density at radius 1 is 0.929 bits per heavy atom. The van der Waals surface area contributed by atoms with E-state index in [2.05, 4.69) is 41.8 Å². The molecule has 0 spiro atoms. The molecule has 2 aromatic heterocycles. The molecule has 0 saturated heterocycles. The molecule has 0 saturated carbocycles. The van der Waals surface area contributed by atoms with Gasteiger partial charge in [-0.15, -0.1) is 0 Å². The molecule has 0 amide bonds. The van der Waals surface area contributed by atoms with Crippen molar-refractivity contribution in [3.05, 3.63) is 45.6 Å². The molecule has 2 nitrogen and oxygen atoms in total. The minimum atomic E-state index is 0.819. The van der Waals surface area contributed by atoms with Crippen LogP contribution in [-0.4, -0.2) is 9.97 Å². The minimum Gasteiger partial charge on any atom is -0.253 e. The van der Waals surface area contributed by atoms with Gasteiger partial charge in [0.05, 0.1) is 11.4 Å². The molecule has 0 aliphatic rings. The third-order valence-electron chi connectivity index (χ3n) is 1.70. The van der Waals surface area contributed by atoms with Crippen molar-refractivity contribution in [2.75, 3.05) is 0 Å². The molecule has 0 aliphatic carbocycles. The fraction of sp³-hybridized carbons (Fsp3) is 0. The van der Waals surface area contributed by atoms with Crippen LogP contribution < -0.4 is 0 Å². The molecular weight excluding hydrogens is 308 g/mol. The van der Waals surface area contributed by atoms with Crippen LogP contribution in [0.3, 0.4) is 0 Å². The molecular formula is C10H6Br2N2. The number of halogens is 2. The first kappa shape index (κ1) is 9.80. The van der Waals surface area contributed by atoms with Crippen LogP contribution in [0.2, 0.25) is 0 Å². The number of pyridine rings is 2. The Balaban J connectivity index is 2.44. The molecule has 0 bridgehead atoms. The number of aromatic nitrogens is 2. The number of hydrogen-bond acceptors (Lipinski definition) is 2. The van der Waals surface area contributed by atoms with Gasteiger partial charge in [-0.25, -0.2) is 4.98 Å². The van der Waals surface area contributed by atoms with Crippen molar-refractivity contribution >= 4 is 31.9 Å². The van der Waals surface area contributed by atoms with Gasteiger partial charge in [0, 0.05) is 10.7 Å². The van der Waals surface area contributed by atoms with E-state index in [4.69, 9.17) is 0 Å². The van der Waals surface area contributed by atoms with Gasteiger partial charge in [0.15, 0.2) is 0 Å². The lowest BCUT2D eigenvalue weighted by Gasteiger charge is -1.99. The van der Waals surface area contributed by atoms with Gasteiger partial charge in [-0.1, -0.05) is 6.07 Å². The molecule has 70 valence electrons. The van der Waals surface area contributed by atoms with E-state index in [9.17, 15) is 0 Å². The van der Waals surface area contributed by atoms with Gasteiger partial charge < -0.3 is 0 Å². The lowest BCUT2D eigenvalue weighted by atomic mass is 10.2. The van der Waals surface area contributed by atoms with Crippen molar-refractivity contribution in [2.24, 2.45) is 0 Å². The van der Waals surface area contributed by atoms with Crippen LogP contribution in [0.1, 0.15) is 0 Å². The molecule has 0 aromatic carbocycles. The third-order valence-corrected chi connectivity index (χ3v) is 2.62. The molecule has 0 radical (unpaired) electrons. The number of nitrogens with zero attached hydrogens (tertiary/aromatic N) is 2. The van der Waals surface area contributed by atoms with Crippen LogP contribution in [0, 0.1) is 0 Å². The zero-order chi connectivity index (χ0) is 9.97. The van der Waals surface area contributed by atoms with E-state index in [1.54, 1.807) is 6.20 Å². The van der Waals surface area contributed by atoms with E-state index in [0.29, 0.717) is 0 Å². The fourth-order valence-corrected chi connectivity index (χ4v) is 1.66. The molecule has 0 fully saturated rings. The van der Waals surface area contributed by atoms with Gasteiger partial charge in [0.25, 0.3) is 0 Å². The van der Waals surface area contributed by atoms with Crippen molar-refractivity contribution in [1.82, 2.24) is 9.97 Å². The highest BCUT2D eigenvalue weighted by Crippen LogP contribution is 2.18. The number of hydrogen-bond donors (Lipinski definition) is 0. The normalized spacial score (nSPS) is 10.1. The summed E-state index contributed by atoms with van der Waals surface area (Å²) in [6.07, 6.45) is 1.76. The SMILES string of the molecule is Brc1ccc(-c2cccc(Br)n2)nc1. The summed E-state index contributed by atoms with van der Waals surface area (Å²) in [6, 6.07) is 9.64. The Labute approximate surface area is 98.7 Å². The summed E-state index contributed by atoms with van der Waals surface area (Å²) in [5.74, 6) is 0. The highest BCUT2D eigenvalue weighted by molar-refractivity contribution is 9.10. The second kappa shape index (κ2) is 4.19. The average Bonchev–Trinajstić information content (AvgIpc) is 2.19. The fourth-order valence-electron chi connectivity index (χ4n) is 1.08. The monoisotopic (exact) mass is 312 g/mol. The molecule has 0 aliphatic heterocycles. The molecule has 4 heteroatoms. The highest BCUT2D eigenvalue weighted by atomic mass is 79.9. The maximum atomic E-state index is 4.31. The summed E-state index contributed by atoms with van der Waals surface area (Å²) in [4.78, 5) is 8.57. The summed E-state index contributed by atoms with van der Waals surface area (Å²) in [5.41, 5.74) is 1.74. The lowest BCUT2D eigenvalue weighted by Crippen LogP contribution is -1.86. The van der Waals surface area contributed by atoms with Crippen LogP contribution >= 0.6 is 31.9 Å². The van der Waals surface area contributed by atoms with E-state index >= 15 is 0 Å². The van der Waals surface area contributed by atoms with Crippen LogP contribution in [0.25, 0.3) is 11.4 Å². The van der Waals surface area contributed by atoms with Crippen molar-refractivity contribution < 1.29 is 0 Å². The average molecular weight is 314 g/mol. The molecule has 2 heterocycles. The number of rotatable bonds is 1. The maximum absolute atomic E-state index is 4.31. The van der Waals surface area contributed by atoms with E-state index in [1.165, 1.54) is 0 Å². The van der Waals surface area contributed by atoms with Gasteiger partial charge in [-0.05, 0) is 56.1 Å². The molecule has 0 N–H and O–H groups in total. The van der Waals surface area contributed by atoms with Crippen molar-refractivity contribution in [3.63, 3.8) is 0 Å². The zero-order valence-corrected chi connectivity index (χ0v) is 10.3. The van der Waals surface area contributed by atoms with Crippen molar-refractivity contribution in [2.45, 2.75) is 0 Å². The predicted octanol–water partition coefficient (Wildman–Crippen LogP) is 3.67. The first-order valence-corrected chi connectivity index (χ1v) is 5.59. The maximum Gasteiger partial charge on any atom is 0.106 e. The van der Waals surface area contributed by atoms with Crippen molar-refractivity contribution in [3.8, 4) is 11.4 Å². The summed E-state index contributed by atoms with van der Waals surface area (Å²) < 4.78 is 1.79. The molecule has 0 atom stereocenters. The predicted molar refractivity (Wildman–Crippen MR) is 62.9 cm³/mol. The first-order valence-electron chi connectivity index (χ1n) is 4.00. The molecule has 14 heavy (non-hydrogen) atoms. The zero-order valence-electron chi connectivity index (χ0n) is 7.11. The Morgan fingerprint density at radius 3 is 2.43 bits per heavy atom.